The summed E-state index contributed by atoms with van der Waals surface area (Å²) in [6, 6.07) is 0. The highest BCUT2D eigenvalue weighted by molar-refractivity contribution is 7.89. The van der Waals surface area contributed by atoms with Crippen molar-refractivity contribution in [3.63, 3.8) is 0 Å². The second-order valence-electron chi connectivity index (χ2n) is 4.62. The van der Waals surface area contributed by atoms with Crippen molar-refractivity contribution in [2.45, 2.75) is 25.2 Å². The lowest BCUT2D eigenvalue weighted by Gasteiger charge is -2.13. The molecule has 1 heterocycles. The molecule has 3 N–H and O–H groups in total. The summed E-state index contributed by atoms with van der Waals surface area (Å²) in [5, 5.41) is 3.61. The van der Waals surface area contributed by atoms with Gasteiger partial charge in [0.15, 0.2) is 10.7 Å². The summed E-state index contributed by atoms with van der Waals surface area (Å²) in [6.45, 7) is 4.93. The molecule has 0 aliphatic heterocycles. The lowest BCUT2D eigenvalue weighted by atomic mass is 10.1. The van der Waals surface area contributed by atoms with Gasteiger partial charge in [-0.15, -0.1) is 0 Å². The van der Waals surface area contributed by atoms with Gasteiger partial charge in [0, 0.05) is 20.6 Å². The highest BCUT2D eigenvalue weighted by Crippen LogP contribution is 2.32. The second kappa shape index (κ2) is 5.85. The van der Waals surface area contributed by atoms with Gasteiger partial charge in [0.05, 0.1) is 0 Å². The highest BCUT2D eigenvalue weighted by atomic mass is 32.2. The minimum atomic E-state index is -3.55. The van der Waals surface area contributed by atoms with Gasteiger partial charge in [-0.2, -0.15) is 4.37 Å². The molecule has 0 atom stereocenters. The molecule has 6 nitrogen and oxygen atoms in total. The molecule has 1 rings (SSSR count). The molecular formula is C10H20N4O2S2. The van der Waals surface area contributed by atoms with Crippen LogP contribution in [0.1, 0.15) is 20.3 Å². The number of hydrogen-bond donors (Lipinski definition) is 2. The molecule has 0 radical (unpaired) electrons. The van der Waals surface area contributed by atoms with Gasteiger partial charge in [0.1, 0.15) is 5.00 Å². The van der Waals surface area contributed by atoms with Crippen LogP contribution in [0.3, 0.4) is 0 Å². The molecule has 1 aromatic rings. The van der Waals surface area contributed by atoms with Crippen LogP contribution in [0.15, 0.2) is 4.90 Å². The van der Waals surface area contributed by atoms with Crippen LogP contribution in [0.2, 0.25) is 0 Å². The van der Waals surface area contributed by atoms with Gasteiger partial charge < -0.3 is 11.1 Å². The van der Waals surface area contributed by atoms with Crippen molar-refractivity contribution in [2.24, 2.45) is 5.92 Å². The van der Waals surface area contributed by atoms with Gasteiger partial charge in [-0.3, -0.25) is 0 Å². The van der Waals surface area contributed by atoms with E-state index in [0.29, 0.717) is 17.5 Å². The summed E-state index contributed by atoms with van der Waals surface area (Å²) >= 11 is 1.08. The summed E-state index contributed by atoms with van der Waals surface area (Å²) in [5.74, 6) is 0.609. The van der Waals surface area contributed by atoms with E-state index in [9.17, 15) is 8.42 Å². The van der Waals surface area contributed by atoms with Gasteiger partial charge in [-0.25, -0.2) is 12.7 Å². The summed E-state index contributed by atoms with van der Waals surface area (Å²) in [4.78, 5) is 0.0845. The first kappa shape index (κ1) is 15.2. The highest BCUT2D eigenvalue weighted by Gasteiger charge is 2.27. The monoisotopic (exact) mass is 292 g/mol. The molecule has 8 heteroatoms. The average molecular weight is 292 g/mol. The number of anilines is 2. The first-order chi connectivity index (χ1) is 8.26. The zero-order valence-electron chi connectivity index (χ0n) is 11.1. The third kappa shape index (κ3) is 3.33. The fraction of sp³-hybridized carbons (Fsp3) is 0.700. The first-order valence-electron chi connectivity index (χ1n) is 5.68. The number of nitrogen functional groups attached to an aromatic ring is 1. The van der Waals surface area contributed by atoms with E-state index in [0.717, 1.165) is 22.3 Å². The van der Waals surface area contributed by atoms with Crippen LogP contribution in [0.4, 0.5) is 10.8 Å². The number of rotatable bonds is 6. The van der Waals surface area contributed by atoms with Crippen LogP contribution < -0.4 is 11.1 Å². The summed E-state index contributed by atoms with van der Waals surface area (Å²) in [7, 11) is -0.599. The number of hydrogen-bond acceptors (Lipinski definition) is 6. The van der Waals surface area contributed by atoms with Crippen LogP contribution in [-0.2, 0) is 10.0 Å². The molecule has 104 valence electrons. The predicted molar refractivity (Wildman–Crippen MR) is 75.3 cm³/mol. The lowest BCUT2D eigenvalue weighted by molar-refractivity contribution is 0.521. The van der Waals surface area contributed by atoms with Crippen molar-refractivity contribution >= 4 is 32.4 Å². The maximum atomic E-state index is 12.1. The van der Waals surface area contributed by atoms with E-state index in [4.69, 9.17) is 5.73 Å². The van der Waals surface area contributed by atoms with E-state index in [1.165, 1.54) is 14.1 Å². The van der Waals surface area contributed by atoms with E-state index in [1.54, 1.807) is 0 Å². The molecule has 0 aliphatic carbocycles. The van der Waals surface area contributed by atoms with E-state index < -0.39 is 10.0 Å². The van der Waals surface area contributed by atoms with Gasteiger partial charge in [-0.1, -0.05) is 13.8 Å². The molecule has 0 spiro atoms. The third-order valence-corrected chi connectivity index (χ3v) is 5.26. The molecular weight excluding hydrogens is 272 g/mol. The van der Waals surface area contributed by atoms with Crippen molar-refractivity contribution in [1.82, 2.24) is 8.68 Å². The molecule has 18 heavy (non-hydrogen) atoms. The SMILES string of the molecule is CC(C)CCNc1snc(N)c1S(=O)(=O)N(C)C. The number of nitrogens with two attached hydrogens (primary N) is 1. The summed E-state index contributed by atoms with van der Waals surface area (Å²) in [6.07, 6.45) is 0.958. The number of nitrogens with zero attached hydrogens (tertiary/aromatic N) is 2. The van der Waals surface area contributed by atoms with Gasteiger partial charge in [0.2, 0.25) is 10.0 Å². The van der Waals surface area contributed by atoms with Crippen molar-refractivity contribution in [3.8, 4) is 0 Å². The van der Waals surface area contributed by atoms with Crippen LogP contribution in [0.5, 0.6) is 0 Å². The number of nitrogens with one attached hydrogen (secondary N) is 1. The summed E-state index contributed by atoms with van der Waals surface area (Å²) < 4.78 is 29.3. The zero-order valence-corrected chi connectivity index (χ0v) is 12.7. The zero-order chi connectivity index (χ0) is 13.9. The second-order valence-corrected chi connectivity index (χ2v) is 7.48. The maximum Gasteiger partial charge on any atom is 0.249 e. The van der Waals surface area contributed by atoms with Crippen LogP contribution in [0, 0.1) is 5.92 Å². The van der Waals surface area contributed by atoms with Gasteiger partial charge in [0.25, 0.3) is 0 Å². The molecule has 0 saturated carbocycles. The Morgan fingerprint density at radius 1 is 1.44 bits per heavy atom. The molecule has 0 fully saturated rings. The Bertz CT molecular complexity index is 494. The van der Waals surface area contributed by atoms with Crippen molar-refractivity contribution in [3.05, 3.63) is 0 Å². The van der Waals surface area contributed by atoms with Crippen molar-refractivity contribution < 1.29 is 8.42 Å². The smallest absolute Gasteiger partial charge is 0.249 e. The molecule has 0 saturated heterocycles. The van der Waals surface area contributed by atoms with Crippen molar-refractivity contribution in [1.29, 1.82) is 0 Å². The number of sulfonamides is 1. The Balaban J connectivity index is 2.96. The number of aromatic nitrogens is 1. The lowest BCUT2D eigenvalue weighted by Crippen LogP contribution is -2.23. The minimum Gasteiger partial charge on any atom is -0.382 e. The standard InChI is InChI=1S/C10H20N4O2S2/c1-7(2)5-6-12-10-8(9(11)13-17-10)18(15,16)14(3)4/h7,12H,5-6H2,1-4H3,(H2,11,13). The van der Waals surface area contributed by atoms with Gasteiger partial charge >= 0.3 is 0 Å². The Labute approximate surface area is 112 Å². The minimum absolute atomic E-state index is 0.0562. The normalized spacial score (nSPS) is 12.3. The van der Waals surface area contributed by atoms with Crippen LogP contribution >= 0.6 is 11.5 Å². The van der Waals surface area contributed by atoms with Gasteiger partial charge in [-0.05, 0) is 23.9 Å². The van der Waals surface area contributed by atoms with E-state index in [-0.39, 0.29) is 10.7 Å². The Morgan fingerprint density at radius 2 is 2.06 bits per heavy atom. The predicted octanol–water partition coefficient (Wildman–Crippen LogP) is 1.43. The largest absolute Gasteiger partial charge is 0.382 e. The topological polar surface area (TPSA) is 88.3 Å². The van der Waals surface area contributed by atoms with Crippen molar-refractivity contribution in [2.75, 3.05) is 31.7 Å². The van der Waals surface area contributed by atoms with Crippen LogP contribution in [0.25, 0.3) is 0 Å². The van der Waals surface area contributed by atoms with Crippen LogP contribution in [-0.4, -0.2) is 37.7 Å². The molecule has 0 amide bonds. The molecule has 0 bridgehead atoms. The Kier molecular flexibility index (Phi) is 4.94. The molecule has 0 aromatic carbocycles. The van der Waals surface area contributed by atoms with E-state index in [1.807, 2.05) is 0 Å². The third-order valence-electron chi connectivity index (χ3n) is 2.42. The van der Waals surface area contributed by atoms with E-state index in [2.05, 4.69) is 23.5 Å². The average Bonchev–Trinajstić information content (AvgIpc) is 2.59. The quantitative estimate of drug-likeness (QED) is 0.828. The van der Waals surface area contributed by atoms with E-state index >= 15 is 0 Å². The first-order valence-corrected chi connectivity index (χ1v) is 7.89. The fourth-order valence-electron chi connectivity index (χ4n) is 1.31. The maximum absolute atomic E-state index is 12.1. The Hall–Kier alpha value is -0.860. The molecule has 0 aliphatic rings. The molecule has 1 aromatic heterocycles. The summed E-state index contributed by atoms with van der Waals surface area (Å²) in [5.41, 5.74) is 5.65. The fourth-order valence-corrected chi connectivity index (χ4v) is 3.41. The Morgan fingerprint density at radius 3 is 2.56 bits per heavy atom. The molecule has 0 unspecified atom stereocenters.